The highest BCUT2D eigenvalue weighted by molar-refractivity contribution is 5.77. The van der Waals surface area contributed by atoms with Gasteiger partial charge in [-0.1, -0.05) is 0 Å². The molecule has 0 bridgehead atoms. The average Bonchev–Trinajstić information content (AvgIpc) is 2.17. The second-order valence-corrected chi connectivity index (χ2v) is 3.09. The van der Waals surface area contributed by atoms with E-state index in [1.165, 1.54) is 0 Å². The van der Waals surface area contributed by atoms with Crippen LogP contribution >= 0.6 is 0 Å². The van der Waals surface area contributed by atoms with Crippen molar-refractivity contribution in [2.45, 2.75) is 13.0 Å². The number of pyridine rings is 2. The predicted molar refractivity (Wildman–Crippen MR) is 52.1 cm³/mol. The fourth-order valence-electron chi connectivity index (χ4n) is 1.23. The van der Waals surface area contributed by atoms with Gasteiger partial charge in [0.15, 0.2) is 0 Å². The lowest BCUT2D eigenvalue weighted by atomic mass is 10.2. The van der Waals surface area contributed by atoms with Crippen molar-refractivity contribution in [2.24, 2.45) is 5.73 Å². The maximum absolute atomic E-state index is 5.73. The molecule has 2 aromatic heterocycles. The molecule has 3 nitrogen and oxygen atoms in total. The molecular formula is C10H11N3. The Labute approximate surface area is 76.6 Å². The maximum Gasteiger partial charge on any atom is 0.0736 e. The van der Waals surface area contributed by atoms with E-state index in [1.54, 1.807) is 12.4 Å². The number of rotatable bonds is 1. The number of nitrogens with two attached hydrogens (primary N) is 1. The minimum atomic E-state index is -0.0161. The molecule has 2 N–H and O–H groups in total. The second kappa shape index (κ2) is 3.11. The van der Waals surface area contributed by atoms with Gasteiger partial charge >= 0.3 is 0 Å². The zero-order valence-electron chi connectivity index (χ0n) is 7.44. The molecule has 0 amide bonds. The molecule has 13 heavy (non-hydrogen) atoms. The predicted octanol–water partition coefficient (Wildman–Crippen LogP) is 1.65. The summed E-state index contributed by atoms with van der Waals surface area (Å²) in [6.07, 6.45) is 3.54. The van der Waals surface area contributed by atoms with Crippen molar-refractivity contribution >= 4 is 10.9 Å². The largest absolute Gasteiger partial charge is 0.323 e. The fourth-order valence-corrected chi connectivity index (χ4v) is 1.23. The van der Waals surface area contributed by atoms with E-state index in [-0.39, 0.29) is 6.04 Å². The maximum atomic E-state index is 5.73. The zero-order valence-corrected chi connectivity index (χ0v) is 7.44. The number of nitrogens with zero attached hydrogens (tertiary/aromatic N) is 2. The highest BCUT2D eigenvalue weighted by atomic mass is 14.8. The number of hydrogen-bond acceptors (Lipinski definition) is 3. The standard InChI is InChI=1S/C10H11N3/c1-7(11)9-3-2-8-6-12-5-4-10(8)13-9/h2-7H,11H2,1H3/t7-/m1/s1. The van der Waals surface area contributed by atoms with Crippen molar-refractivity contribution in [1.82, 2.24) is 9.97 Å². The third kappa shape index (κ3) is 1.51. The number of aromatic nitrogens is 2. The molecule has 0 aromatic carbocycles. The third-order valence-electron chi connectivity index (χ3n) is 1.98. The summed E-state index contributed by atoms with van der Waals surface area (Å²) in [7, 11) is 0. The Hall–Kier alpha value is -1.48. The van der Waals surface area contributed by atoms with E-state index in [0.717, 1.165) is 16.6 Å². The Morgan fingerprint density at radius 3 is 2.92 bits per heavy atom. The lowest BCUT2D eigenvalue weighted by Crippen LogP contribution is -2.06. The van der Waals surface area contributed by atoms with Crippen molar-refractivity contribution in [1.29, 1.82) is 0 Å². The van der Waals surface area contributed by atoms with E-state index in [2.05, 4.69) is 9.97 Å². The normalized spacial score (nSPS) is 13.1. The molecule has 66 valence electrons. The molecule has 3 heteroatoms. The first-order valence-electron chi connectivity index (χ1n) is 4.23. The van der Waals surface area contributed by atoms with Gasteiger partial charge < -0.3 is 5.73 Å². The lowest BCUT2D eigenvalue weighted by Gasteiger charge is -2.04. The van der Waals surface area contributed by atoms with Crippen LogP contribution in [0.2, 0.25) is 0 Å². The van der Waals surface area contributed by atoms with E-state index < -0.39 is 0 Å². The summed E-state index contributed by atoms with van der Waals surface area (Å²) in [5.74, 6) is 0. The van der Waals surface area contributed by atoms with E-state index in [0.29, 0.717) is 0 Å². The summed E-state index contributed by atoms with van der Waals surface area (Å²) >= 11 is 0. The Balaban J connectivity index is 2.62. The van der Waals surface area contributed by atoms with Crippen LogP contribution in [0.15, 0.2) is 30.6 Å². The molecule has 0 aliphatic heterocycles. The summed E-state index contributed by atoms with van der Waals surface area (Å²) in [4.78, 5) is 8.43. The van der Waals surface area contributed by atoms with E-state index in [4.69, 9.17) is 5.73 Å². The van der Waals surface area contributed by atoms with Gasteiger partial charge in [0, 0.05) is 23.8 Å². The van der Waals surface area contributed by atoms with Crippen LogP contribution in [0.5, 0.6) is 0 Å². The van der Waals surface area contributed by atoms with Crippen molar-refractivity contribution in [3.63, 3.8) is 0 Å². The first kappa shape index (κ1) is 8.13. The van der Waals surface area contributed by atoms with E-state index in [9.17, 15) is 0 Å². The third-order valence-corrected chi connectivity index (χ3v) is 1.98. The highest BCUT2D eigenvalue weighted by Gasteiger charge is 2.01. The van der Waals surface area contributed by atoms with Gasteiger partial charge in [-0.2, -0.15) is 0 Å². The summed E-state index contributed by atoms with van der Waals surface area (Å²) in [5.41, 5.74) is 7.59. The van der Waals surface area contributed by atoms with Crippen molar-refractivity contribution in [2.75, 3.05) is 0 Å². The Morgan fingerprint density at radius 2 is 2.15 bits per heavy atom. The number of hydrogen-bond donors (Lipinski definition) is 1. The van der Waals surface area contributed by atoms with Gasteiger partial charge in [0.2, 0.25) is 0 Å². The van der Waals surface area contributed by atoms with Crippen LogP contribution in [0.1, 0.15) is 18.7 Å². The second-order valence-electron chi connectivity index (χ2n) is 3.09. The van der Waals surface area contributed by atoms with Crippen LogP contribution in [-0.2, 0) is 0 Å². The molecular weight excluding hydrogens is 162 g/mol. The van der Waals surface area contributed by atoms with Crippen LogP contribution < -0.4 is 5.73 Å². The van der Waals surface area contributed by atoms with Crippen LogP contribution in [0.3, 0.4) is 0 Å². The zero-order chi connectivity index (χ0) is 9.26. The molecule has 1 atom stereocenters. The summed E-state index contributed by atoms with van der Waals surface area (Å²) in [6.45, 7) is 1.93. The van der Waals surface area contributed by atoms with E-state index >= 15 is 0 Å². The summed E-state index contributed by atoms with van der Waals surface area (Å²) < 4.78 is 0. The molecule has 0 fully saturated rings. The van der Waals surface area contributed by atoms with Crippen LogP contribution in [0.4, 0.5) is 0 Å². The molecule has 2 aromatic rings. The van der Waals surface area contributed by atoms with Gasteiger partial charge in [-0.15, -0.1) is 0 Å². The molecule has 0 aliphatic rings. The molecule has 0 radical (unpaired) electrons. The quantitative estimate of drug-likeness (QED) is 0.713. The molecule has 2 rings (SSSR count). The van der Waals surface area contributed by atoms with E-state index in [1.807, 2.05) is 25.1 Å². The van der Waals surface area contributed by atoms with Gasteiger partial charge in [-0.05, 0) is 25.1 Å². The van der Waals surface area contributed by atoms with Gasteiger partial charge in [0.05, 0.1) is 11.2 Å². The van der Waals surface area contributed by atoms with Gasteiger partial charge in [0.1, 0.15) is 0 Å². The van der Waals surface area contributed by atoms with Gasteiger partial charge in [-0.3, -0.25) is 9.97 Å². The molecule has 0 spiro atoms. The first-order valence-corrected chi connectivity index (χ1v) is 4.23. The topological polar surface area (TPSA) is 51.8 Å². The van der Waals surface area contributed by atoms with Crippen molar-refractivity contribution in [3.8, 4) is 0 Å². The van der Waals surface area contributed by atoms with Crippen LogP contribution in [0, 0.1) is 0 Å². The van der Waals surface area contributed by atoms with Crippen LogP contribution in [-0.4, -0.2) is 9.97 Å². The van der Waals surface area contributed by atoms with Crippen molar-refractivity contribution in [3.05, 3.63) is 36.3 Å². The van der Waals surface area contributed by atoms with Crippen LogP contribution in [0.25, 0.3) is 10.9 Å². The summed E-state index contributed by atoms with van der Waals surface area (Å²) in [6, 6.07) is 5.81. The fraction of sp³-hybridized carbons (Fsp3) is 0.200. The minimum Gasteiger partial charge on any atom is -0.323 e. The van der Waals surface area contributed by atoms with Gasteiger partial charge in [0.25, 0.3) is 0 Å². The lowest BCUT2D eigenvalue weighted by molar-refractivity contribution is 0.787. The average molecular weight is 173 g/mol. The SMILES string of the molecule is C[C@@H](N)c1ccc2cnccc2n1. The first-order chi connectivity index (χ1) is 6.27. The smallest absolute Gasteiger partial charge is 0.0736 e. The summed E-state index contributed by atoms with van der Waals surface area (Å²) in [5, 5.41) is 1.05. The minimum absolute atomic E-state index is 0.0161. The molecule has 0 saturated heterocycles. The Morgan fingerprint density at radius 1 is 1.31 bits per heavy atom. The highest BCUT2D eigenvalue weighted by Crippen LogP contribution is 2.13. The molecule has 0 aliphatic carbocycles. The Bertz CT molecular complexity index is 423. The Kier molecular flexibility index (Phi) is 1.94. The van der Waals surface area contributed by atoms with Crippen molar-refractivity contribution < 1.29 is 0 Å². The monoisotopic (exact) mass is 173 g/mol. The van der Waals surface area contributed by atoms with Gasteiger partial charge in [-0.25, -0.2) is 0 Å². The molecule has 0 saturated carbocycles. The molecule has 0 unspecified atom stereocenters. The number of fused-ring (bicyclic) bond motifs is 1. The molecule has 2 heterocycles.